The van der Waals surface area contributed by atoms with Gasteiger partial charge in [0.1, 0.15) is 18.0 Å². The standard InChI is InChI=1S/C33H36N4O4/c1-5-29(38)35-28-19-24(9-8-22(28)4)30-27-18-25(33(39)41-21(2)3)20-34-32(27)36-31(30)23-10-12-26(13-11-23)40-17-16-37-14-6-7-15-37/h5,8-13,18-21H,1,6-7,14-17H2,2-4H3,(H,34,36)(H,35,38). The molecule has 8 nitrogen and oxygen atoms in total. The molecule has 1 aliphatic heterocycles. The molecule has 8 heteroatoms. The number of rotatable bonds is 10. The van der Waals surface area contributed by atoms with Gasteiger partial charge >= 0.3 is 5.97 Å². The normalized spacial score (nSPS) is 13.5. The van der Waals surface area contributed by atoms with Gasteiger partial charge in [0.15, 0.2) is 0 Å². The number of aryl methyl sites for hydroxylation is 1. The number of ether oxygens (including phenoxy) is 2. The fourth-order valence-corrected chi connectivity index (χ4v) is 5.09. The molecular formula is C33H36N4O4. The second-order valence-corrected chi connectivity index (χ2v) is 10.6. The summed E-state index contributed by atoms with van der Waals surface area (Å²) >= 11 is 0. The van der Waals surface area contributed by atoms with Gasteiger partial charge in [0.05, 0.1) is 17.4 Å². The summed E-state index contributed by atoms with van der Waals surface area (Å²) in [7, 11) is 0. The predicted octanol–water partition coefficient (Wildman–Crippen LogP) is 6.37. The van der Waals surface area contributed by atoms with Crippen LogP contribution in [0.15, 0.2) is 67.4 Å². The van der Waals surface area contributed by atoms with Crippen LogP contribution < -0.4 is 10.1 Å². The van der Waals surface area contributed by atoms with Crippen LogP contribution in [0.4, 0.5) is 5.69 Å². The van der Waals surface area contributed by atoms with Crippen molar-refractivity contribution in [2.24, 2.45) is 0 Å². The van der Waals surface area contributed by atoms with Crippen LogP contribution in [0.3, 0.4) is 0 Å². The van der Waals surface area contributed by atoms with E-state index in [2.05, 4.69) is 26.8 Å². The number of H-pyrrole nitrogens is 1. The zero-order valence-corrected chi connectivity index (χ0v) is 23.8. The van der Waals surface area contributed by atoms with Crippen molar-refractivity contribution < 1.29 is 19.1 Å². The summed E-state index contributed by atoms with van der Waals surface area (Å²) < 4.78 is 11.4. The molecule has 0 unspecified atom stereocenters. The molecule has 41 heavy (non-hydrogen) atoms. The highest BCUT2D eigenvalue weighted by molar-refractivity contribution is 6.06. The van der Waals surface area contributed by atoms with Crippen molar-refractivity contribution in [3.63, 3.8) is 0 Å². The molecule has 0 bridgehead atoms. The third-order valence-electron chi connectivity index (χ3n) is 7.22. The van der Waals surface area contributed by atoms with E-state index in [1.54, 1.807) is 6.07 Å². The van der Waals surface area contributed by atoms with Crippen LogP contribution in [0.1, 0.15) is 42.6 Å². The van der Waals surface area contributed by atoms with Crippen molar-refractivity contribution in [1.29, 1.82) is 0 Å². The van der Waals surface area contributed by atoms with E-state index in [9.17, 15) is 9.59 Å². The highest BCUT2D eigenvalue weighted by atomic mass is 16.5. The average molecular weight is 553 g/mol. The molecule has 1 aliphatic rings. The van der Waals surface area contributed by atoms with E-state index in [4.69, 9.17) is 9.47 Å². The number of carbonyl (C=O) groups excluding carboxylic acids is 2. The van der Waals surface area contributed by atoms with Gasteiger partial charge in [0.25, 0.3) is 0 Å². The fraction of sp³-hybridized carbons (Fsp3) is 0.303. The largest absolute Gasteiger partial charge is 0.492 e. The van der Waals surface area contributed by atoms with Crippen molar-refractivity contribution >= 4 is 28.6 Å². The van der Waals surface area contributed by atoms with Crippen LogP contribution in [-0.4, -0.2) is 59.1 Å². The number of esters is 1. The Hall–Kier alpha value is -4.43. The molecule has 0 radical (unpaired) electrons. The minimum absolute atomic E-state index is 0.247. The van der Waals surface area contributed by atoms with Gasteiger partial charge in [0, 0.05) is 29.4 Å². The Balaban J connectivity index is 1.53. The number of pyridine rings is 1. The predicted molar refractivity (Wildman–Crippen MR) is 162 cm³/mol. The second-order valence-electron chi connectivity index (χ2n) is 10.6. The maximum Gasteiger partial charge on any atom is 0.339 e. The first-order valence-electron chi connectivity index (χ1n) is 14.0. The number of likely N-dealkylation sites (tertiary alicyclic amines) is 1. The first-order chi connectivity index (χ1) is 19.8. The summed E-state index contributed by atoms with van der Waals surface area (Å²) in [4.78, 5) is 35.3. The molecule has 5 rings (SSSR count). The molecule has 0 aliphatic carbocycles. The highest BCUT2D eigenvalue weighted by Crippen LogP contribution is 2.40. The third-order valence-corrected chi connectivity index (χ3v) is 7.22. The summed E-state index contributed by atoms with van der Waals surface area (Å²) in [6, 6.07) is 15.7. The van der Waals surface area contributed by atoms with Crippen LogP contribution in [0.25, 0.3) is 33.4 Å². The minimum Gasteiger partial charge on any atom is -0.492 e. The van der Waals surface area contributed by atoms with Gasteiger partial charge < -0.3 is 19.8 Å². The van der Waals surface area contributed by atoms with E-state index < -0.39 is 5.97 Å². The maximum atomic E-state index is 12.7. The number of fused-ring (bicyclic) bond motifs is 1. The maximum absolute atomic E-state index is 12.7. The van der Waals surface area contributed by atoms with Gasteiger partial charge in [-0.2, -0.15) is 0 Å². The lowest BCUT2D eigenvalue weighted by Gasteiger charge is -2.15. The van der Waals surface area contributed by atoms with Crippen molar-refractivity contribution in [2.75, 3.05) is 31.6 Å². The first kappa shape index (κ1) is 28.1. The quantitative estimate of drug-likeness (QED) is 0.175. The number of amides is 1. The van der Waals surface area contributed by atoms with E-state index in [0.717, 1.165) is 58.7 Å². The molecule has 0 saturated carbocycles. The molecule has 1 fully saturated rings. The zero-order chi connectivity index (χ0) is 28.9. The van der Waals surface area contributed by atoms with E-state index in [1.807, 2.05) is 63.2 Å². The van der Waals surface area contributed by atoms with Crippen LogP contribution in [0.5, 0.6) is 5.75 Å². The number of anilines is 1. The molecule has 1 saturated heterocycles. The molecule has 2 aromatic heterocycles. The Morgan fingerprint density at radius 3 is 2.54 bits per heavy atom. The van der Waals surface area contributed by atoms with Crippen LogP contribution >= 0.6 is 0 Å². The Kier molecular flexibility index (Phi) is 8.50. The monoisotopic (exact) mass is 552 g/mol. The number of aromatic nitrogens is 2. The van der Waals surface area contributed by atoms with Crippen molar-refractivity contribution in [2.45, 2.75) is 39.7 Å². The molecule has 2 aromatic carbocycles. The second kappa shape index (κ2) is 12.4. The number of nitrogens with one attached hydrogen (secondary N) is 2. The van der Waals surface area contributed by atoms with Gasteiger partial charge in [0.2, 0.25) is 5.91 Å². The number of carbonyl (C=O) groups is 2. The molecule has 2 N–H and O–H groups in total. The Labute approximate surface area is 240 Å². The van der Waals surface area contributed by atoms with Gasteiger partial charge in [-0.3, -0.25) is 9.69 Å². The minimum atomic E-state index is -0.429. The van der Waals surface area contributed by atoms with Gasteiger partial charge in [-0.1, -0.05) is 18.7 Å². The molecule has 0 spiro atoms. The topological polar surface area (TPSA) is 96.5 Å². The van der Waals surface area contributed by atoms with Crippen LogP contribution in [-0.2, 0) is 9.53 Å². The summed E-state index contributed by atoms with van der Waals surface area (Å²) in [5.41, 5.74) is 6.11. The van der Waals surface area contributed by atoms with E-state index >= 15 is 0 Å². The number of aromatic amines is 1. The fourth-order valence-electron chi connectivity index (χ4n) is 5.09. The Morgan fingerprint density at radius 1 is 1.10 bits per heavy atom. The number of benzene rings is 2. The summed E-state index contributed by atoms with van der Waals surface area (Å²) in [6.07, 6.45) is 5.05. The lowest BCUT2D eigenvalue weighted by Crippen LogP contribution is -2.25. The molecule has 3 heterocycles. The van der Waals surface area contributed by atoms with Gasteiger partial charge in [-0.15, -0.1) is 0 Å². The SMILES string of the molecule is C=CC(=O)Nc1cc(-c2c(-c3ccc(OCCN4CCCC4)cc3)[nH]c3ncc(C(=O)OC(C)C)cc23)ccc1C. The van der Waals surface area contributed by atoms with E-state index in [1.165, 1.54) is 25.1 Å². The number of hydrogen-bond donors (Lipinski definition) is 2. The summed E-state index contributed by atoms with van der Waals surface area (Å²) in [5.74, 6) is 0.0960. The van der Waals surface area contributed by atoms with Crippen molar-refractivity contribution in [3.05, 3.63) is 78.5 Å². The zero-order valence-electron chi connectivity index (χ0n) is 23.8. The van der Waals surface area contributed by atoms with Gasteiger partial charge in [-0.05, 0) is 106 Å². The smallest absolute Gasteiger partial charge is 0.339 e. The number of hydrogen-bond acceptors (Lipinski definition) is 6. The molecular weight excluding hydrogens is 516 g/mol. The molecule has 4 aromatic rings. The van der Waals surface area contributed by atoms with E-state index in [-0.39, 0.29) is 12.0 Å². The lowest BCUT2D eigenvalue weighted by atomic mass is 9.96. The lowest BCUT2D eigenvalue weighted by molar-refractivity contribution is -0.111. The Morgan fingerprint density at radius 2 is 1.83 bits per heavy atom. The third kappa shape index (κ3) is 6.49. The molecule has 1 amide bonds. The molecule has 0 atom stereocenters. The summed E-state index contributed by atoms with van der Waals surface area (Å²) in [6.45, 7) is 13.0. The van der Waals surface area contributed by atoms with Gasteiger partial charge in [-0.25, -0.2) is 9.78 Å². The van der Waals surface area contributed by atoms with Crippen molar-refractivity contribution in [1.82, 2.24) is 14.9 Å². The van der Waals surface area contributed by atoms with Crippen LogP contribution in [0.2, 0.25) is 0 Å². The Bertz CT molecular complexity index is 1570. The molecule has 212 valence electrons. The first-order valence-corrected chi connectivity index (χ1v) is 14.0. The van der Waals surface area contributed by atoms with E-state index in [0.29, 0.717) is 23.5 Å². The average Bonchev–Trinajstić information content (AvgIpc) is 3.62. The summed E-state index contributed by atoms with van der Waals surface area (Å²) in [5, 5.41) is 3.66. The highest BCUT2D eigenvalue weighted by Gasteiger charge is 2.20. The number of nitrogens with zero attached hydrogens (tertiary/aromatic N) is 2. The van der Waals surface area contributed by atoms with Crippen LogP contribution in [0, 0.1) is 6.92 Å². The van der Waals surface area contributed by atoms with Crippen molar-refractivity contribution in [3.8, 4) is 28.1 Å².